The largest absolute Gasteiger partial charge is 0.352 e. The Hall–Kier alpha value is -1.55. The summed E-state index contributed by atoms with van der Waals surface area (Å²) in [6.07, 6.45) is 5.17. The summed E-state index contributed by atoms with van der Waals surface area (Å²) < 4.78 is 0. The third-order valence-corrected chi connectivity index (χ3v) is 5.44. The summed E-state index contributed by atoms with van der Waals surface area (Å²) in [6, 6.07) is 12.6. The molecule has 1 heterocycles. The van der Waals surface area contributed by atoms with Gasteiger partial charge in [0.05, 0.1) is 16.3 Å². The van der Waals surface area contributed by atoms with E-state index in [4.69, 9.17) is 0 Å². The molecule has 0 saturated heterocycles. The number of fused-ring (bicyclic) bond motifs is 1. The fourth-order valence-corrected chi connectivity index (χ4v) is 3.72. The second-order valence-electron chi connectivity index (χ2n) is 6.40. The first kappa shape index (κ1) is 14.1. The zero-order valence-corrected chi connectivity index (χ0v) is 13.3. The fraction of sp³-hybridized carbons (Fsp3) is 0.444. The van der Waals surface area contributed by atoms with Crippen molar-refractivity contribution in [3.63, 3.8) is 0 Å². The molecule has 4 heteroatoms. The fourth-order valence-electron chi connectivity index (χ4n) is 3.03. The normalized spacial score (nSPS) is 17.9. The Morgan fingerprint density at radius 1 is 1.14 bits per heavy atom. The Kier molecular flexibility index (Phi) is 3.78. The summed E-state index contributed by atoms with van der Waals surface area (Å²) in [5.74, 6) is 2.12. The van der Waals surface area contributed by atoms with Crippen molar-refractivity contribution in [2.45, 2.75) is 36.8 Å². The summed E-state index contributed by atoms with van der Waals surface area (Å²) in [7, 11) is 0. The Morgan fingerprint density at radius 2 is 1.86 bits per heavy atom. The molecule has 2 aliphatic rings. The molecule has 1 aromatic carbocycles. The van der Waals surface area contributed by atoms with Crippen molar-refractivity contribution >= 4 is 28.6 Å². The summed E-state index contributed by atoms with van der Waals surface area (Å²) >= 11 is 1.53. The lowest BCUT2D eigenvalue weighted by atomic mass is 10.1. The molecule has 0 aliphatic heterocycles. The van der Waals surface area contributed by atoms with Crippen molar-refractivity contribution in [3.05, 3.63) is 36.4 Å². The maximum absolute atomic E-state index is 12.2. The van der Waals surface area contributed by atoms with E-state index >= 15 is 0 Å². The number of carbonyl (C=O) groups is 1. The topological polar surface area (TPSA) is 42.0 Å². The zero-order valence-electron chi connectivity index (χ0n) is 12.5. The zero-order chi connectivity index (χ0) is 14.9. The highest BCUT2D eigenvalue weighted by atomic mass is 32.2. The molecule has 3 nitrogen and oxygen atoms in total. The van der Waals surface area contributed by atoms with Crippen LogP contribution in [0.3, 0.4) is 0 Å². The van der Waals surface area contributed by atoms with Crippen LogP contribution in [0.25, 0.3) is 10.9 Å². The first-order valence-electron chi connectivity index (χ1n) is 8.07. The van der Waals surface area contributed by atoms with Crippen molar-refractivity contribution in [1.82, 2.24) is 10.3 Å². The first-order valence-corrected chi connectivity index (χ1v) is 9.06. The van der Waals surface area contributed by atoms with Gasteiger partial charge in [0.15, 0.2) is 0 Å². The molecule has 22 heavy (non-hydrogen) atoms. The Morgan fingerprint density at radius 3 is 2.59 bits per heavy atom. The van der Waals surface area contributed by atoms with Gasteiger partial charge in [0.2, 0.25) is 5.91 Å². The van der Waals surface area contributed by atoms with Gasteiger partial charge >= 0.3 is 0 Å². The number of hydrogen-bond acceptors (Lipinski definition) is 3. The summed E-state index contributed by atoms with van der Waals surface area (Å²) in [4.78, 5) is 16.8. The number of aromatic nitrogens is 1. The van der Waals surface area contributed by atoms with E-state index in [0.717, 1.165) is 27.8 Å². The summed E-state index contributed by atoms with van der Waals surface area (Å²) in [5, 5.41) is 5.32. The van der Waals surface area contributed by atoms with E-state index < -0.39 is 0 Å². The monoisotopic (exact) mass is 312 g/mol. The predicted octanol–water partition coefficient (Wildman–Crippen LogP) is 3.63. The van der Waals surface area contributed by atoms with E-state index in [-0.39, 0.29) is 5.91 Å². The van der Waals surface area contributed by atoms with Crippen LogP contribution in [-0.2, 0) is 4.79 Å². The third-order valence-electron chi connectivity index (χ3n) is 4.51. The first-order chi connectivity index (χ1) is 10.8. The Bertz CT molecular complexity index is 682. The van der Waals surface area contributed by atoms with Gasteiger partial charge < -0.3 is 5.32 Å². The van der Waals surface area contributed by atoms with E-state index in [1.807, 2.05) is 24.3 Å². The van der Waals surface area contributed by atoms with Crippen molar-refractivity contribution in [2.75, 3.05) is 5.75 Å². The van der Waals surface area contributed by atoms with Crippen LogP contribution in [0.15, 0.2) is 41.4 Å². The van der Waals surface area contributed by atoms with Crippen molar-refractivity contribution in [1.29, 1.82) is 0 Å². The van der Waals surface area contributed by atoms with Crippen molar-refractivity contribution in [3.8, 4) is 0 Å². The summed E-state index contributed by atoms with van der Waals surface area (Å²) in [5.41, 5.74) is 0.988. The van der Waals surface area contributed by atoms with Gasteiger partial charge in [-0.15, -0.1) is 0 Å². The molecule has 0 spiro atoms. The minimum Gasteiger partial charge on any atom is -0.352 e. The predicted molar refractivity (Wildman–Crippen MR) is 89.8 cm³/mol. The average Bonchev–Trinajstić information content (AvgIpc) is 3.43. The lowest BCUT2D eigenvalue weighted by Gasteiger charge is -2.17. The SMILES string of the molecule is O=C(CSc1ccc2ccccc2n1)NC(C1CC1)C1CC1. The molecule has 0 atom stereocenters. The molecule has 1 aromatic heterocycles. The van der Waals surface area contributed by atoms with Gasteiger partial charge in [-0.2, -0.15) is 0 Å². The van der Waals surface area contributed by atoms with Gasteiger partial charge in [-0.05, 0) is 49.7 Å². The molecule has 114 valence electrons. The smallest absolute Gasteiger partial charge is 0.230 e. The van der Waals surface area contributed by atoms with Gasteiger partial charge in [0.25, 0.3) is 0 Å². The van der Waals surface area contributed by atoms with Gasteiger partial charge in [-0.1, -0.05) is 36.0 Å². The molecular formula is C18H20N2OS. The molecule has 2 aliphatic carbocycles. The number of carbonyl (C=O) groups excluding carboxylic acids is 1. The molecule has 0 unspecified atom stereocenters. The Balaban J connectivity index is 1.35. The minimum atomic E-state index is 0.156. The number of thioether (sulfide) groups is 1. The molecular weight excluding hydrogens is 292 g/mol. The summed E-state index contributed by atoms with van der Waals surface area (Å²) in [6.45, 7) is 0. The second kappa shape index (κ2) is 5.92. The second-order valence-corrected chi connectivity index (χ2v) is 7.39. The van der Waals surface area contributed by atoms with Crippen LogP contribution in [0.2, 0.25) is 0 Å². The molecule has 2 aromatic rings. The molecule has 2 saturated carbocycles. The highest BCUT2D eigenvalue weighted by Crippen LogP contribution is 2.44. The van der Waals surface area contributed by atoms with Gasteiger partial charge in [0.1, 0.15) is 0 Å². The number of benzene rings is 1. The van der Waals surface area contributed by atoms with Gasteiger partial charge in [0, 0.05) is 11.4 Å². The number of amides is 1. The minimum absolute atomic E-state index is 0.156. The third kappa shape index (κ3) is 3.27. The lowest BCUT2D eigenvalue weighted by molar-refractivity contribution is -0.119. The Labute approximate surface area is 134 Å². The van der Waals surface area contributed by atoms with Crippen LogP contribution in [-0.4, -0.2) is 22.7 Å². The van der Waals surface area contributed by atoms with Crippen LogP contribution in [0.1, 0.15) is 25.7 Å². The molecule has 1 amide bonds. The molecule has 1 N–H and O–H groups in total. The number of pyridine rings is 1. The van der Waals surface area contributed by atoms with E-state index in [1.54, 1.807) is 0 Å². The van der Waals surface area contributed by atoms with Gasteiger partial charge in [-0.25, -0.2) is 4.98 Å². The number of nitrogens with one attached hydrogen (secondary N) is 1. The van der Waals surface area contributed by atoms with Crippen LogP contribution >= 0.6 is 11.8 Å². The maximum Gasteiger partial charge on any atom is 0.230 e. The molecule has 4 rings (SSSR count). The molecule has 2 fully saturated rings. The number of rotatable bonds is 6. The van der Waals surface area contributed by atoms with E-state index in [1.165, 1.54) is 37.4 Å². The number of para-hydroxylation sites is 1. The van der Waals surface area contributed by atoms with Crippen molar-refractivity contribution < 1.29 is 4.79 Å². The molecule has 0 radical (unpaired) electrons. The van der Waals surface area contributed by atoms with E-state index in [2.05, 4.69) is 22.4 Å². The van der Waals surface area contributed by atoms with Crippen LogP contribution < -0.4 is 5.32 Å². The highest BCUT2D eigenvalue weighted by Gasteiger charge is 2.42. The van der Waals surface area contributed by atoms with Crippen LogP contribution in [0.5, 0.6) is 0 Å². The van der Waals surface area contributed by atoms with Crippen LogP contribution in [0.4, 0.5) is 0 Å². The molecule has 0 bridgehead atoms. The lowest BCUT2D eigenvalue weighted by Crippen LogP contribution is -2.39. The quantitative estimate of drug-likeness (QED) is 0.828. The van der Waals surface area contributed by atoms with Gasteiger partial charge in [-0.3, -0.25) is 4.79 Å². The standard InChI is InChI=1S/C18H20N2OS/c21-16(20-18(13-5-6-13)14-7-8-14)11-22-17-10-9-12-3-1-2-4-15(12)19-17/h1-4,9-10,13-14,18H,5-8,11H2,(H,20,21). The average molecular weight is 312 g/mol. The highest BCUT2D eigenvalue weighted by molar-refractivity contribution is 7.99. The van der Waals surface area contributed by atoms with E-state index in [9.17, 15) is 4.79 Å². The van der Waals surface area contributed by atoms with Crippen LogP contribution in [0, 0.1) is 11.8 Å². The number of nitrogens with zero attached hydrogens (tertiary/aromatic N) is 1. The number of hydrogen-bond donors (Lipinski definition) is 1. The maximum atomic E-state index is 12.2. The van der Waals surface area contributed by atoms with E-state index in [0.29, 0.717) is 11.8 Å². The van der Waals surface area contributed by atoms with Crippen molar-refractivity contribution in [2.24, 2.45) is 11.8 Å².